The van der Waals surface area contributed by atoms with E-state index in [0.717, 1.165) is 6.29 Å². The van der Waals surface area contributed by atoms with E-state index in [0.29, 0.717) is 17.1 Å². The number of allylic oxidation sites excluding steroid dienone is 4. The molecule has 0 unspecified atom stereocenters. The van der Waals surface area contributed by atoms with Crippen molar-refractivity contribution in [2.45, 2.75) is 0 Å². The van der Waals surface area contributed by atoms with Gasteiger partial charge in [-0.3, -0.25) is 4.79 Å². The highest BCUT2D eigenvalue weighted by Crippen LogP contribution is 2.27. The first-order valence-corrected chi connectivity index (χ1v) is 5.29. The molecule has 0 aromatic heterocycles. The van der Waals surface area contributed by atoms with Crippen molar-refractivity contribution in [2.24, 2.45) is 0 Å². The summed E-state index contributed by atoms with van der Waals surface area (Å²) in [5.41, 5.74) is 3.16. The van der Waals surface area contributed by atoms with E-state index in [1.54, 1.807) is 42.5 Å². The number of carbonyl (C=O) groups excluding carboxylic acids is 1. The van der Waals surface area contributed by atoms with Gasteiger partial charge in [0.25, 0.3) is 0 Å². The third-order valence-electron chi connectivity index (χ3n) is 2.03. The third-order valence-corrected chi connectivity index (χ3v) is 2.03. The summed E-state index contributed by atoms with van der Waals surface area (Å²) in [5.74, 6) is 1.06. The molecule has 1 rings (SSSR count). The molecule has 92 valence electrons. The predicted octanol–water partition coefficient (Wildman–Crippen LogP) is 3.30. The lowest BCUT2D eigenvalue weighted by Crippen LogP contribution is -1.91. The SMILES string of the molecule is C=C=CC=CC=COc1ccc(C=O)cc1OC. The lowest BCUT2D eigenvalue weighted by molar-refractivity contribution is 0.112. The van der Waals surface area contributed by atoms with Crippen LogP contribution in [0.5, 0.6) is 11.5 Å². The van der Waals surface area contributed by atoms with Crippen LogP contribution in [0.1, 0.15) is 10.4 Å². The second kappa shape index (κ2) is 7.71. The van der Waals surface area contributed by atoms with Gasteiger partial charge in [-0.05, 0) is 30.4 Å². The Kier molecular flexibility index (Phi) is 5.81. The van der Waals surface area contributed by atoms with E-state index in [2.05, 4.69) is 12.3 Å². The van der Waals surface area contributed by atoms with Gasteiger partial charge in [0, 0.05) is 5.56 Å². The number of aldehydes is 1. The highest BCUT2D eigenvalue weighted by Gasteiger charge is 2.03. The zero-order valence-corrected chi connectivity index (χ0v) is 10.1. The maximum absolute atomic E-state index is 10.6. The molecule has 0 atom stereocenters. The fraction of sp³-hybridized carbons (Fsp3) is 0.0667. The summed E-state index contributed by atoms with van der Waals surface area (Å²) < 4.78 is 10.5. The number of hydrogen-bond donors (Lipinski definition) is 0. The molecular weight excluding hydrogens is 228 g/mol. The van der Waals surface area contributed by atoms with Crippen molar-refractivity contribution in [3.8, 4) is 11.5 Å². The minimum absolute atomic E-state index is 0.513. The molecule has 18 heavy (non-hydrogen) atoms. The number of carbonyl (C=O) groups is 1. The second-order valence-electron chi connectivity index (χ2n) is 3.23. The molecule has 0 aliphatic carbocycles. The number of benzene rings is 1. The molecule has 0 bridgehead atoms. The summed E-state index contributed by atoms with van der Waals surface area (Å²) in [5, 5.41) is 0. The van der Waals surface area contributed by atoms with Crippen LogP contribution in [-0.4, -0.2) is 13.4 Å². The molecule has 0 N–H and O–H groups in total. The van der Waals surface area contributed by atoms with Gasteiger partial charge in [0.2, 0.25) is 0 Å². The summed E-state index contributed by atoms with van der Waals surface area (Å²) in [6.45, 7) is 3.43. The Bertz CT molecular complexity index is 506. The molecule has 3 nitrogen and oxygen atoms in total. The van der Waals surface area contributed by atoms with Crippen LogP contribution in [0.3, 0.4) is 0 Å². The van der Waals surface area contributed by atoms with Gasteiger partial charge in [-0.1, -0.05) is 18.7 Å². The summed E-state index contributed by atoms with van der Waals surface area (Å²) in [7, 11) is 1.52. The van der Waals surface area contributed by atoms with Crippen molar-refractivity contribution in [3.05, 3.63) is 66.6 Å². The van der Waals surface area contributed by atoms with Gasteiger partial charge in [-0.25, -0.2) is 0 Å². The normalized spacial score (nSPS) is 10.3. The number of hydrogen-bond acceptors (Lipinski definition) is 3. The van der Waals surface area contributed by atoms with Crippen LogP contribution in [0, 0.1) is 0 Å². The largest absolute Gasteiger partial charge is 0.493 e. The van der Waals surface area contributed by atoms with E-state index in [4.69, 9.17) is 9.47 Å². The Hall–Kier alpha value is -2.51. The molecular formula is C15H14O3. The minimum Gasteiger partial charge on any atom is -0.493 e. The number of ether oxygens (including phenoxy) is 2. The molecule has 1 aromatic carbocycles. The summed E-state index contributed by atoms with van der Waals surface area (Å²) in [6.07, 6.45) is 9.24. The predicted molar refractivity (Wildman–Crippen MR) is 71.0 cm³/mol. The van der Waals surface area contributed by atoms with Crippen LogP contribution in [0.25, 0.3) is 0 Å². The Morgan fingerprint density at radius 2 is 2.06 bits per heavy atom. The van der Waals surface area contributed by atoms with Crippen LogP contribution >= 0.6 is 0 Å². The summed E-state index contributed by atoms with van der Waals surface area (Å²) in [6, 6.07) is 4.96. The Labute approximate surface area is 106 Å². The van der Waals surface area contributed by atoms with Crippen LogP contribution in [0.4, 0.5) is 0 Å². The molecule has 0 spiro atoms. The Balaban J connectivity index is 2.72. The molecule has 0 saturated carbocycles. The quantitative estimate of drug-likeness (QED) is 0.332. The van der Waals surface area contributed by atoms with Crippen molar-refractivity contribution in [3.63, 3.8) is 0 Å². The second-order valence-corrected chi connectivity index (χ2v) is 3.23. The molecule has 0 heterocycles. The van der Waals surface area contributed by atoms with E-state index in [-0.39, 0.29) is 0 Å². The summed E-state index contributed by atoms with van der Waals surface area (Å²) in [4.78, 5) is 10.6. The van der Waals surface area contributed by atoms with Crippen molar-refractivity contribution in [2.75, 3.05) is 7.11 Å². The minimum atomic E-state index is 0.513. The monoisotopic (exact) mass is 242 g/mol. The van der Waals surface area contributed by atoms with Gasteiger partial charge in [0.1, 0.15) is 6.29 Å². The molecule has 0 amide bonds. The van der Waals surface area contributed by atoms with Gasteiger partial charge >= 0.3 is 0 Å². The third kappa shape index (κ3) is 4.16. The molecule has 0 aliphatic rings. The number of methoxy groups -OCH3 is 1. The number of rotatable bonds is 6. The lowest BCUT2D eigenvalue weighted by Gasteiger charge is -2.07. The Morgan fingerprint density at radius 3 is 2.72 bits per heavy atom. The zero-order chi connectivity index (χ0) is 13.2. The van der Waals surface area contributed by atoms with E-state index in [9.17, 15) is 4.79 Å². The van der Waals surface area contributed by atoms with E-state index in [1.807, 2.05) is 0 Å². The molecule has 3 heteroatoms. The summed E-state index contributed by atoms with van der Waals surface area (Å²) >= 11 is 0. The molecule has 1 aromatic rings. The van der Waals surface area contributed by atoms with Crippen molar-refractivity contribution in [1.29, 1.82) is 0 Å². The van der Waals surface area contributed by atoms with Crippen LogP contribution < -0.4 is 9.47 Å². The maximum Gasteiger partial charge on any atom is 0.168 e. The Morgan fingerprint density at radius 1 is 1.22 bits per heavy atom. The smallest absolute Gasteiger partial charge is 0.168 e. The molecule has 0 aliphatic heterocycles. The van der Waals surface area contributed by atoms with Gasteiger partial charge in [0.15, 0.2) is 11.5 Å². The fourth-order valence-corrected chi connectivity index (χ4v) is 1.20. The topological polar surface area (TPSA) is 35.5 Å². The van der Waals surface area contributed by atoms with Gasteiger partial charge in [-0.15, -0.1) is 5.73 Å². The molecule has 0 fully saturated rings. The highest BCUT2D eigenvalue weighted by atomic mass is 16.5. The van der Waals surface area contributed by atoms with Crippen molar-refractivity contribution >= 4 is 6.29 Å². The van der Waals surface area contributed by atoms with Crippen molar-refractivity contribution < 1.29 is 14.3 Å². The van der Waals surface area contributed by atoms with E-state index in [1.165, 1.54) is 13.4 Å². The maximum atomic E-state index is 10.6. The van der Waals surface area contributed by atoms with Gasteiger partial charge in [-0.2, -0.15) is 0 Å². The highest BCUT2D eigenvalue weighted by molar-refractivity contribution is 5.76. The van der Waals surface area contributed by atoms with Crippen molar-refractivity contribution in [1.82, 2.24) is 0 Å². The van der Waals surface area contributed by atoms with Crippen LogP contribution in [0.2, 0.25) is 0 Å². The van der Waals surface area contributed by atoms with Crippen LogP contribution in [-0.2, 0) is 0 Å². The van der Waals surface area contributed by atoms with Gasteiger partial charge in [0.05, 0.1) is 13.4 Å². The van der Waals surface area contributed by atoms with E-state index >= 15 is 0 Å². The molecule has 0 saturated heterocycles. The van der Waals surface area contributed by atoms with Gasteiger partial charge < -0.3 is 9.47 Å². The van der Waals surface area contributed by atoms with E-state index < -0.39 is 0 Å². The first-order chi connectivity index (χ1) is 8.81. The average molecular weight is 242 g/mol. The molecule has 0 radical (unpaired) electrons. The standard InChI is InChI=1S/C15H14O3/c1-3-4-5-6-7-10-18-14-9-8-13(12-16)11-15(14)17-2/h4-12H,1H2,2H3. The van der Waals surface area contributed by atoms with Crippen LogP contribution in [0.15, 0.2) is 61.1 Å². The first kappa shape index (κ1) is 13.6. The zero-order valence-electron chi connectivity index (χ0n) is 10.1. The average Bonchev–Trinajstić information content (AvgIpc) is 2.42. The lowest BCUT2D eigenvalue weighted by atomic mass is 10.2. The first-order valence-electron chi connectivity index (χ1n) is 5.29. The fourth-order valence-electron chi connectivity index (χ4n) is 1.20.